The summed E-state index contributed by atoms with van der Waals surface area (Å²) in [6, 6.07) is 16.1. The third-order valence-corrected chi connectivity index (χ3v) is 5.66. The lowest BCUT2D eigenvalue weighted by Crippen LogP contribution is -2.35. The lowest BCUT2D eigenvalue weighted by Gasteiger charge is -2.11. The molecule has 1 aliphatic heterocycles. The lowest BCUT2D eigenvalue weighted by molar-refractivity contribution is 0.0931. The molecule has 3 aromatic rings. The molecule has 1 aromatic heterocycles. The zero-order valence-electron chi connectivity index (χ0n) is 14.7. The molecule has 134 valence electrons. The fourth-order valence-electron chi connectivity index (χ4n) is 3.22. The molecule has 0 bridgehead atoms. The van der Waals surface area contributed by atoms with E-state index in [9.17, 15) is 4.79 Å². The molecule has 0 radical (unpaired) electrons. The Kier molecular flexibility index (Phi) is 4.91. The van der Waals surface area contributed by atoms with Crippen LogP contribution in [0.2, 0.25) is 0 Å². The lowest BCUT2D eigenvalue weighted by atomic mass is 10.1. The number of hydrogen-bond acceptors (Lipinski definition) is 4. The Morgan fingerprint density at radius 2 is 2.12 bits per heavy atom. The number of nitrogens with one attached hydrogen (secondary N) is 1. The van der Waals surface area contributed by atoms with E-state index in [0.717, 1.165) is 38.3 Å². The number of carbonyl (C=O) groups is 1. The molecule has 4 rings (SSSR count). The van der Waals surface area contributed by atoms with Crippen LogP contribution in [-0.4, -0.2) is 25.2 Å². The highest BCUT2D eigenvalue weighted by Gasteiger charge is 2.22. The van der Waals surface area contributed by atoms with Crippen LogP contribution in [0.25, 0.3) is 10.1 Å². The molecule has 1 saturated heterocycles. The van der Waals surface area contributed by atoms with Gasteiger partial charge in [-0.2, -0.15) is 0 Å². The molecule has 5 heteroatoms. The fourth-order valence-corrected chi connectivity index (χ4v) is 4.26. The minimum Gasteiger partial charge on any atom is -0.489 e. The Balaban J connectivity index is 1.57. The van der Waals surface area contributed by atoms with Gasteiger partial charge in [0.25, 0.3) is 5.91 Å². The standard InChI is InChI=1S/C21H21NO3S/c1-14-20(21(23)22-16-9-10-24-13-16)18-11-17(7-8-19(18)26-14)25-12-15-5-3-2-4-6-15/h2-8,11,16H,9-10,12-13H2,1H3,(H,22,23). The number of benzene rings is 2. The second-order valence-corrected chi connectivity index (χ2v) is 7.76. The molecule has 26 heavy (non-hydrogen) atoms. The summed E-state index contributed by atoms with van der Waals surface area (Å²) in [7, 11) is 0. The maximum atomic E-state index is 12.8. The molecule has 1 amide bonds. The van der Waals surface area contributed by atoms with Crippen LogP contribution in [0, 0.1) is 6.92 Å². The second kappa shape index (κ2) is 7.48. The van der Waals surface area contributed by atoms with Gasteiger partial charge < -0.3 is 14.8 Å². The predicted octanol–water partition coefficient (Wildman–Crippen LogP) is 4.31. The summed E-state index contributed by atoms with van der Waals surface area (Å²) in [4.78, 5) is 13.8. The zero-order valence-corrected chi connectivity index (χ0v) is 15.5. The number of aryl methyl sites for hydroxylation is 1. The molecule has 2 aromatic carbocycles. The molecular weight excluding hydrogens is 346 g/mol. The molecule has 0 aliphatic carbocycles. The van der Waals surface area contributed by atoms with Gasteiger partial charge in [-0.25, -0.2) is 0 Å². The summed E-state index contributed by atoms with van der Waals surface area (Å²) in [6.45, 7) is 3.82. The van der Waals surface area contributed by atoms with Crippen LogP contribution in [-0.2, 0) is 11.3 Å². The molecule has 0 saturated carbocycles. The average molecular weight is 367 g/mol. The van der Waals surface area contributed by atoms with E-state index in [-0.39, 0.29) is 11.9 Å². The summed E-state index contributed by atoms with van der Waals surface area (Å²) in [5, 5.41) is 4.05. The van der Waals surface area contributed by atoms with E-state index in [1.807, 2.05) is 55.5 Å². The van der Waals surface area contributed by atoms with Crippen molar-refractivity contribution in [2.24, 2.45) is 0 Å². The maximum Gasteiger partial charge on any atom is 0.253 e. The Hall–Kier alpha value is -2.37. The predicted molar refractivity (Wildman–Crippen MR) is 104 cm³/mol. The minimum absolute atomic E-state index is 0.0236. The minimum atomic E-state index is -0.0236. The first-order chi connectivity index (χ1) is 12.7. The van der Waals surface area contributed by atoms with Crippen LogP contribution in [0.3, 0.4) is 0 Å². The monoisotopic (exact) mass is 367 g/mol. The number of hydrogen-bond donors (Lipinski definition) is 1. The van der Waals surface area contributed by atoms with Crippen LogP contribution in [0.4, 0.5) is 0 Å². The van der Waals surface area contributed by atoms with Gasteiger partial charge in [0.1, 0.15) is 12.4 Å². The molecular formula is C21H21NO3S. The first-order valence-corrected chi connectivity index (χ1v) is 9.61. The molecule has 1 N–H and O–H groups in total. The van der Waals surface area contributed by atoms with E-state index in [1.54, 1.807) is 11.3 Å². The molecule has 1 atom stereocenters. The first kappa shape index (κ1) is 17.1. The number of rotatable bonds is 5. The van der Waals surface area contributed by atoms with Gasteiger partial charge in [-0.3, -0.25) is 4.79 Å². The van der Waals surface area contributed by atoms with Crippen LogP contribution in [0.5, 0.6) is 5.75 Å². The highest BCUT2D eigenvalue weighted by molar-refractivity contribution is 7.19. The fraction of sp³-hybridized carbons (Fsp3) is 0.286. The van der Waals surface area contributed by atoms with Crippen molar-refractivity contribution in [3.05, 3.63) is 64.5 Å². The highest BCUT2D eigenvalue weighted by Crippen LogP contribution is 2.33. The van der Waals surface area contributed by atoms with Gasteiger partial charge in [-0.15, -0.1) is 11.3 Å². The van der Waals surface area contributed by atoms with E-state index in [4.69, 9.17) is 9.47 Å². The van der Waals surface area contributed by atoms with Crippen molar-refractivity contribution in [2.75, 3.05) is 13.2 Å². The van der Waals surface area contributed by atoms with Gasteiger partial charge in [-0.1, -0.05) is 30.3 Å². The van der Waals surface area contributed by atoms with Gasteiger partial charge in [0.15, 0.2) is 0 Å². The highest BCUT2D eigenvalue weighted by atomic mass is 32.1. The van der Waals surface area contributed by atoms with Gasteiger partial charge in [0.05, 0.1) is 18.2 Å². The van der Waals surface area contributed by atoms with E-state index >= 15 is 0 Å². The number of ether oxygens (including phenoxy) is 2. The summed E-state index contributed by atoms with van der Waals surface area (Å²) >= 11 is 1.64. The summed E-state index contributed by atoms with van der Waals surface area (Å²) in [6.07, 6.45) is 0.873. The Morgan fingerprint density at radius 3 is 2.88 bits per heavy atom. The topological polar surface area (TPSA) is 47.6 Å². The van der Waals surface area contributed by atoms with E-state index in [1.165, 1.54) is 0 Å². The number of thiophene rings is 1. The van der Waals surface area contributed by atoms with Crippen LogP contribution in [0.15, 0.2) is 48.5 Å². The molecule has 1 aliphatic rings. The quantitative estimate of drug-likeness (QED) is 0.731. The van der Waals surface area contributed by atoms with Gasteiger partial charge in [-0.05, 0) is 37.1 Å². The van der Waals surface area contributed by atoms with Crippen LogP contribution >= 0.6 is 11.3 Å². The summed E-state index contributed by atoms with van der Waals surface area (Å²) < 4.78 is 12.4. The van der Waals surface area contributed by atoms with E-state index in [0.29, 0.717) is 19.8 Å². The summed E-state index contributed by atoms with van der Waals surface area (Å²) in [5.74, 6) is 0.752. The van der Waals surface area contributed by atoms with Crippen molar-refractivity contribution < 1.29 is 14.3 Å². The van der Waals surface area contributed by atoms with Crippen molar-refractivity contribution in [2.45, 2.75) is 26.0 Å². The smallest absolute Gasteiger partial charge is 0.253 e. The van der Waals surface area contributed by atoms with Crippen LogP contribution in [0.1, 0.15) is 27.2 Å². The largest absolute Gasteiger partial charge is 0.489 e. The third-order valence-electron chi connectivity index (χ3n) is 4.58. The van der Waals surface area contributed by atoms with Crippen LogP contribution < -0.4 is 10.1 Å². The number of amides is 1. The van der Waals surface area contributed by atoms with Gasteiger partial charge in [0.2, 0.25) is 0 Å². The number of fused-ring (bicyclic) bond motifs is 1. The van der Waals surface area contributed by atoms with Crippen molar-refractivity contribution in [3.63, 3.8) is 0 Å². The number of carbonyl (C=O) groups excluding carboxylic acids is 1. The Labute approximate surface area is 156 Å². The van der Waals surface area contributed by atoms with Crippen molar-refractivity contribution >= 4 is 27.3 Å². The van der Waals surface area contributed by atoms with Crippen molar-refractivity contribution in [3.8, 4) is 5.75 Å². The first-order valence-electron chi connectivity index (χ1n) is 8.79. The molecule has 2 heterocycles. The van der Waals surface area contributed by atoms with E-state index < -0.39 is 0 Å². The maximum absolute atomic E-state index is 12.8. The molecule has 1 unspecified atom stereocenters. The van der Waals surface area contributed by atoms with Crippen molar-refractivity contribution in [1.82, 2.24) is 5.32 Å². The van der Waals surface area contributed by atoms with E-state index in [2.05, 4.69) is 5.32 Å². The Morgan fingerprint density at radius 1 is 1.27 bits per heavy atom. The van der Waals surface area contributed by atoms with Gasteiger partial charge >= 0.3 is 0 Å². The molecule has 4 nitrogen and oxygen atoms in total. The molecule has 0 spiro atoms. The Bertz CT molecular complexity index is 914. The van der Waals surface area contributed by atoms with Crippen molar-refractivity contribution in [1.29, 1.82) is 0 Å². The SMILES string of the molecule is Cc1sc2ccc(OCc3ccccc3)cc2c1C(=O)NC1CCOC1. The normalized spacial score (nSPS) is 16.7. The third kappa shape index (κ3) is 3.59. The second-order valence-electron chi connectivity index (χ2n) is 6.50. The average Bonchev–Trinajstić information content (AvgIpc) is 3.27. The summed E-state index contributed by atoms with van der Waals surface area (Å²) in [5.41, 5.74) is 1.87. The zero-order chi connectivity index (χ0) is 17.9. The van der Waals surface area contributed by atoms with Gasteiger partial charge in [0, 0.05) is 21.6 Å². The molecule has 1 fully saturated rings.